The van der Waals surface area contributed by atoms with Crippen molar-refractivity contribution in [1.82, 2.24) is 10.2 Å². The number of amides is 1. The summed E-state index contributed by atoms with van der Waals surface area (Å²) < 4.78 is 0. The van der Waals surface area contributed by atoms with E-state index >= 15 is 0 Å². The van der Waals surface area contributed by atoms with E-state index < -0.39 is 0 Å². The minimum Gasteiger partial charge on any atom is -0.300 e. The maximum Gasteiger partial charge on any atom is 0.230 e. The molecule has 0 atom stereocenters. The van der Waals surface area contributed by atoms with Crippen LogP contribution in [0.5, 0.6) is 0 Å². The van der Waals surface area contributed by atoms with E-state index in [1.807, 2.05) is 55.5 Å². The fourth-order valence-electron chi connectivity index (χ4n) is 2.95. The number of fused-ring (bicyclic) bond motifs is 1. The lowest BCUT2D eigenvalue weighted by Gasteiger charge is -2.06. The number of nitrogens with zero attached hydrogens (tertiary/aromatic N) is 2. The molecule has 0 spiro atoms. The van der Waals surface area contributed by atoms with Crippen molar-refractivity contribution >= 4 is 33.1 Å². The van der Waals surface area contributed by atoms with Crippen molar-refractivity contribution in [1.29, 1.82) is 0 Å². The van der Waals surface area contributed by atoms with Gasteiger partial charge in [-0.15, -0.1) is 10.2 Å². The summed E-state index contributed by atoms with van der Waals surface area (Å²) >= 11 is 1.38. The Bertz CT molecular complexity index is 1080. The van der Waals surface area contributed by atoms with Crippen LogP contribution in [-0.2, 0) is 11.2 Å². The highest BCUT2D eigenvalue weighted by Gasteiger charge is 2.11. The van der Waals surface area contributed by atoms with Gasteiger partial charge in [0.25, 0.3) is 0 Å². The molecule has 4 aromatic rings. The molecule has 0 saturated heterocycles. The number of hydrogen-bond donors (Lipinski definition) is 1. The molecular weight excluding hydrogens is 342 g/mol. The highest BCUT2D eigenvalue weighted by Crippen LogP contribution is 2.27. The van der Waals surface area contributed by atoms with Crippen LogP contribution in [0.4, 0.5) is 5.13 Å². The van der Waals surface area contributed by atoms with Gasteiger partial charge in [0.15, 0.2) is 0 Å². The Morgan fingerprint density at radius 3 is 2.69 bits per heavy atom. The van der Waals surface area contributed by atoms with E-state index in [4.69, 9.17) is 0 Å². The van der Waals surface area contributed by atoms with E-state index in [0.29, 0.717) is 11.6 Å². The minimum absolute atomic E-state index is 0.0895. The predicted molar refractivity (Wildman–Crippen MR) is 106 cm³/mol. The third-order valence-electron chi connectivity index (χ3n) is 4.17. The number of benzene rings is 3. The lowest BCUT2D eigenvalue weighted by Crippen LogP contribution is -2.14. The Morgan fingerprint density at radius 2 is 1.81 bits per heavy atom. The quantitative estimate of drug-likeness (QED) is 0.567. The van der Waals surface area contributed by atoms with Crippen LogP contribution < -0.4 is 5.32 Å². The normalized spacial score (nSPS) is 10.8. The first-order valence-corrected chi connectivity index (χ1v) is 9.18. The van der Waals surface area contributed by atoms with E-state index in [2.05, 4.69) is 33.7 Å². The molecule has 5 heteroatoms. The zero-order valence-electron chi connectivity index (χ0n) is 14.3. The molecule has 0 fully saturated rings. The predicted octanol–water partition coefficient (Wildman–Crippen LogP) is 4.85. The monoisotopic (exact) mass is 359 g/mol. The lowest BCUT2D eigenvalue weighted by atomic mass is 10.0. The molecule has 0 radical (unpaired) electrons. The second-order valence-corrected chi connectivity index (χ2v) is 7.12. The number of nitrogens with one attached hydrogen (secondary N) is 1. The minimum atomic E-state index is -0.0895. The number of carbonyl (C=O) groups excluding carboxylic acids is 1. The third kappa shape index (κ3) is 3.48. The molecule has 0 unspecified atom stereocenters. The molecule has 1 amide bonds. The Labute approximate surface area is 155 Å². The van der Waals surface area contributed by atoms with Gasteiger partial charge in [-0.25, -0.2) is 0 Å². The summed E-state index contributed by atoms with van der Waals surface area (Å²) in [7, 11) is 0. The zero-order valence-corrected chi connectivity index (χ0v) is 15.1. The third-order valence-corrected chi connectivity index (χ3v) is 5.06. The number of carbonyl (C=O) groups is 1. The van der Waals surface area contributed by atoms with Gasteiger partial charge >= 0.3 is 0 Å². The molecule has 4 rings (SSSR count). The summed E-state index contributed by atoms with van der Waals surface area (Å²) in [5.41, 5.74) is 3.18. The highest BCUT2D eigenvalue weighted by atomic mass is 32.1. The van der Waals surface area contributed by atoms with Crippen molar-refractivity contribution in [3.8, 4) is 10.6 Å². The maximum atomic E-state index is 12.5. The SMILES string of the molecule is Cc1cccc(-c2nnc(NC(=O)Cc3cccc4ccccc34)s2)c1. The van der Waals surface area contributed by atoms with E-state index in [9.17, 15) is 4.79 Å². The summed E-state index contributed by atoms with van der Waals surface area (Å²) in [6.45, 7) is 2.04. The number of rotatable bonds is 4. The van der Waals surface area contributed by atoms with E-state index in [-0.39, 0.29) is 5.91 Å². The molecule has 3 aromatic carbocycles. The molecule has 1 N–H and O–H groups in total. The van der Waals surface area contributed by atoms with E-state index in [1.54, 1.807) is 0 Å². The van der Waals surface area contributed by atoms with Gasteiger partial charge in [-0.1, -0.05) is 77.6 Å². The van der Waals surface area contributed by atoms with Crippen molar-refractivity contribution in [2.75, 3.05) is 5.32 Å². The van der Waals surface area contributed by atoms with Crippen LogP contribution in [0.15, 0.2) is 66.7 Å². The second-order valence-electron chi connectivity index (χ2n) is 6.15. The van der Waals surface area contributed by atoms with Crippen molar-refractivity contribution < 1.29 is 4.79 Å². The summed E-state index contributed by atoms with van der Waals surface area (Å²) in [4.78, 5) is 12.5. The molecule has 1 heterocycles. The highest BCUT2D eigenvalue weighted by molar-refractivity contribution is 7.18. The maximum absolute atomic E-state index is 12.5. The van der Waals surface area contributed by atoms with Crippen LogP contribution in [0.2, 0.25) is 0 Å². The van der Waals surface area contributed by atoms with Gasteiger partial charge in [0.05, 0.1) is 6.42 Å². The Hall–Kier alpha value is -3.05. The first-order valence-electron chi connectivity index (χ1n) is 8.36. The van der Waals surface area contributed by atoms with Crippen molar-refractivity contribution in [2.45, 2.75) is 13.3 Å². The average Bonchev–Trinajstić information content (AvgIpc) is 3.10. The van der Waals surface area contributed by atoms with Crippen molar-refractivity contribution in [3.63, 3.8) is 0 Å². The second kappa shape index (κ2) is 7.06. The van der Waals surface area contributed by atoms with Gasteiger partial charge < -0.3 is 5.32 Å². The Morgan fingerprint density at radius 1 is 1.00 bits per heavy atom. The van der Waals surface area contributed by atoms with E-state index in [0.717, 1.165) is 26.9 Å². The van der Waals surface area contributed by atoms with Crippen LogP contribution in [-0.4, -0.2) is 16.1 Å². The van der Waals surface area contributed by atoms with Gasteiger partial charge in [0.2, 0.25) is 11.0 Å². The average molecular weight is 359 g/mol. The van der Waals surface area contributed by atoms with Crippen LogP contribution in [0.25, 0.3) is 21.3 Å². The smallest absolute Gasteiger partial charge is 0.230 e. The molecule has 26 heavy (non-hydrogen) atoms. The molecule has 128 valence electrons. The van der Waals surface area contributed by atoms with Gasteiger partial charge in [-0.3, -0.25) is 4.79 Å². The molecule has 0 aliphatic carbocycles. The number of anilines is 1. The summed E-state index contributed by atoms with van der Waals surface area (Å²) in [6, 6.07) is 22.2. The fraction of sp³-hybridized carbons (Fsp3) is 0.0952. The Kier molecular flexibility index (Phi) is 4.46. The molecule has 4 nitrogen and oxygen atoms in total. The van der Waals surface area contributed by atoms with Gasteiger partial charge in [-0.05, 0) is 29.3 Å². The number of aromatic nitrogens is 2. The van der Waals surface area contributed by atoms with Gasteiger partial charge in [0, 0.05) is 5.56 Å². The fourth-order valence-corrected chi connectivity index (χ4v) is 3.71. The number of hydrogen-bond acceptors (Lipinski definition) is 4. The summed E-state index contributed by atoms with van der Waals surface area (Å²) in [5, 5.41) is 14.7. The van der Waals surface area contributed by atoms with Crippen molar-refractivity contribution in [3.05, 3.63) is 77.9 Å². The molecule has 1 aromatic heterocycles. The van der Waals surface area contributed by atoms with E-state index in [1.165, 1.54) is 16.9 Å². The first-order chi connectivity index (χ1) is 12.7. The molecule has 0 aliphatic rings. The van der Waals surface area contributed by atoms with Gasteiger partial charge in [0.1, 0.15) is 5.01 Å². The molecule has 0 saturated carbocycles. The topological polar surface area (TPSA) is 54.9 Å². The number of aryl methyl sites for hydroxylation is 1. The van der Waals surface area contributed by atoms with Gasteiger partial charge in [-0.2, -0.15) is 0 Å². The lowest BCUT2D eigenvalue weighted by molar-refractivity contribution is -0.115. The largest absolute Gasteiger partial charge is 0.300 e. The van der Waals surface area contributed by atoms with Crippen LogP contribution in [0.3, 0.4) is 0 Å². The Balaban J connectivity index is 1.50. The van der Waals surface area contributed by atoms with Crippen LogP contribution in [0.1, 0.15) is 11.1 Å². The zero-order chi connectivity index (χ0) is 17.9. The standard InChI is InChI=1S/C21H17N3OS/c1-14-6-4-10-17(12-14)20-23-24-21(26-20)22-19(25)13-16-9-5-8-15-7-2-3-11-18(15)16/h2-12H,13H2,1H3,(H,22,24,25). The molecule has 0 aliphatic heterocycles. The summed E-state index contributed by atoms with van der Waals surface area (Å²) in [5.74, 6) is -0.0895. The molecular formula is C21H17N3OS. The summed E-state index contributed by atoms with van der Waals surface area (Å²) in [6.07, 6.45) is 0.306. The first kappa shape index (κ1) is 16.4. The van der Waals surface area contributed by atoms with Crippen LogP contribution in [0, 0.1) is 6.92 Å². The van der Waals surface area contributed by atoms with Crippen molar-refractivity contribution in [2.24, 2.45) is 0 Å². The molecule has 0 bridgehead atoms. The van der Waals surface area contributed by atoms with Crippen LogP contribution >= 0.6 is 11.3 Å².